The molecule has 0 bridgehead atoms. The average Bonchev–Trinajstić information content (AvgIpc) is 3.31. The molecule has 0 aliphatic heterocycles. The van der Waals surface area contributed by atoms with E-state index in [1.807, 2.05) is 0 Å². The molecule has 1 aromatic carbocycles. The van der Waals surface area contributed by atoms with Crippen LogP contribution in [0.3, 0.4) is 0 Å². The van der Waals surface area contributed by atoms with Crippen molar-refractivity contribution < 1.29 is 28.2 Å². The van der Waals surface area contributed by atoms with E-state index in [2.05, 4.69) is 15.3 Å². The third kappa shape index (κ3) is 4.74. The van der Waals surface area contributed by atoms with Gasteiger partial charge in [0.25, 0.3) is 5.91 Å². The van der Waals surface area contributed by atoms with E-state index in [9.17, 15) is 18.7 Å². The van der Waals surface area contributed by atoms with Crippen molar-refractivity contribution in [3.8, 4) is 22.8 Å². The van der Waals surface area contributed by atoms with Gasteiger partial charge >= 0.3 is 6.61 Å². The molecule has 3 heterocycles. The first kappa shape index (κ1) is 23.7. The van der Waals surface area contributed by atoms with Crippen molar-refractivity contribution in [3.05, 3.63) is 66.5 Å². The highest BCUT2D eigenvalue weighted by Crippen LogP contribution is 2.37. The normalized spacial score (nSPS) is 15.2. The molecule has 4 aromatic rings. The van der Waals surface area contributed by atoms with Crippen LogP contribution in [-0.2, 0) is 12.1 Å². The van der Waals surface area contributed by atoms with E-state index in [1.165, 1.54) is 13.2 Å². The predicted octanol–water partition coefficient (Wildman–Crippen LogP) is 3.61. The van der Waals surface area contributed by atoms with E-state index in [4.69, 9.17) is 9.47 Å². The first-order valence-electron chi connectivity index (χ1n) is 11.4. The van der Waals surface area contributed by atoms with Crippen molar-refractivity contribution in [2.24, 2.45) is 0 Å². The molecular weight excluding hydrogens is 472 g/mol. The molecule has 0 spiro atoms. The Labute approximate surface area is 205 Å². The second kappa shape index (κ2) is 9.23. The number of benzene rings is 1. The average molecular weight is 498 g/mol. The van der Waals surface area contributed by atoms with Crippen LogP contribution < -0.4 is 14.8 Å². The van der Waals surface area contributed by atoms with Crippen LogP contribution in [0.4, 0.5) is 8.78 Å². The minimum Gasteiger partial charge on any atom is -0.496 e. The quantitative estimate of drug-likeness (QED) is 0.366. The maximum atomic E-state index is 13.3. The summed E-state index contributed by atoms with van der Waals surface area (Å²) in [6.45, 7) is -1.13. The van der Waals surface area contributed by atoms with Gasteiger partial charge in [0.2, 0.25) is 0 Å². The van der Waals surface area contributed by atoms with E-state index in [0.717, 1.165) is 12.8 Å². The van der Waals surface area contributed by atoms with Gasteiger partial charge in [-0.05, 0) is 49.6 Å². The van der Waals surface area contributed by atoms with Crippen molar-refractivity contribution >= 4 is 11.6 Å². The molecule has 188 valence electrons. The topological polar surface area (TPSA) is 103 Å². The number of methoxy groups -OCH3 is 1. The standard InChI is InChI=1S/C25H25F2N5O4/c1-25(34,13-31-8-6-28-14-31)16-5-7-32-18(12-29-21(32)11-16)15-9-19(35-2)22(20(10-15)36-24(26)27)23(33)30-17-3-4-17/h5-12,14,17,24,34H,3-4,13H2,1-2H3,(H,30,33). The van der Waals surface area contributed by atoms with Crippen molar-refractivity contribution in [1.29, 1.82) is 0 Å². The smallest absolute Gasteiger partial charge is 0.387 e. The number of imidazole rings is 2. The number of pyridine rings is 1. The second-order valence-corrected chi connectivity index (χ2v) is 8.97. The predicted molar refractivity (Wildman–Crippen MR) is 126 cm³/mol. The van der Waals surface area contributed by atoms with Crippen LogP contribution in [0.25, 0.3) is 16.9 Å². The van der Waals surface area contributed by atoms with E-state index >= 15 is 0 Å². The lowest BCUT2D eigenvalue weighted by atomic mass is 9.97. The Morgan fingerprint density at radius 1 is 1.28 bits per heavy atom. The SMILES string of the molecule is COc1cc(-c2cnc3cc(C(C)(O)Cn4ccnc4)ccn23)cc(OC(F)F)c1C(=O)NC1CC1. The lowest BCUT2D eigenvalue weighted by Gasteiger charge is -2.24. The molecule has 0 radical (unpaired) electrons. The third-order valence-electron chi connectivity index (χ3n) is 6.12. The molecule has 2 N–H and O–H groups in total. The highest BCUT2D eigenvalue weighted by Gasteiger charge is 2.29. The number of carbonyl (C=O) groups is 1. The Kier molecular flexibility index (Phi) is 6.09. The van der Waals surface area contributed by atoms with Gasteiger partial charge in [-0.1, -0.05) is 0 Å². The summed E-state index contributed by atoms with van der Waals surface area (Å²) >= 11 is 0. The lowest BCUT2D eigenvalue weighted by Crippen LogP contribution is -2.27. The van der Waals surface area contributed by atoms with Gasteiger partial charge in [-0.2, -0.15) is 8.78 Å². The Hall–Kier alpha value is -3.99. The molecule has 1 fully saturated rings. The van der Waals surface area contributed by atoms with Crippen molar-refractivity contribution in [2.75, 3.05) is 7.11 Å². The Morgan fingerprint density at radius 3 is 2.72 bits per heavy atom. The van der Waals surface area contributed by atoms with Crippen LogP contribution in [0, 0.1) is 0 Å². The van der Waals surface area contributed by atoms with Crippen molar-refractivity contribution in [1.82, 2.24) is 24.3 Å². The summed E-state index contributed by atoms with van der Waals surface area (Å²) in [4.78, 5) is 21.2. The van der Waals surface area contributed by atoms with Gasteiger partial charge in [0.05, 0.1) is 31.9 Å². The molecule has 11 heteroatoms. The van der Waals surface area contributed by atoms with Gasteiger partial charge < -0.3 is 24.5 Å². The molecule has 1 unspecified atom stereocenters. The number of halogens is 2. The summed E-state index contributed by atoms with van der Waals surface area (Å²) in [7, 11) is 1.36. The first-order chi connectivity index (χ1) is 17.2. The number of nitrogens with zero attached hydrogens (tertiary/aromatic N) is 4. The maximum absolute atomic E-state index is 13.3. The first-order valence-corrected chi connectivity index (χ1v) is 11.4. The van der Waals surface area contributed by atoms with E-state index < -0.39 is 18.1 Å². The minimum atomic E-state index is -3.13. The summed E-state index contributed by atoms with van der Waals surface area (Å²) in [5.41, 5.74) is 0.951. The van der Waals surface area contributed by atoms with Crippen molar-refractivity contribution in [2.45, 2.75) is 44.6 Å². The van der Waals surface area contributed by atoms with Gasteiger partial charge in [-0.25, -0.2) is 9.97 Å². The van der Waals surface area contributed by atoms with Gasteiger partial charge in [0.15, 0.2) is 0 Å². The zero-order valence-electron chi connectivity index (χ0n) is 19.7. The summed E-state index contributed by atoms with van der Waals surface area (Å²) in [5, 5.41) is 13.8. The highest BCUT2D eigenvalue weighted by atomic mass is 19.3. The van der Waals surface area contributed by atoms with Crippen molar-refractivity contribution in [3.63, 3.8) is 0 Å². The number of carbonyl (C=O) groups excluding carboxylic acids is 1. The zero-order valence-corrected chi connectivity index (χ0v) is 19.7. The number of alkyl halides is 2. The fourth-order valence-corrected chi connectivity index (χ4v) is 4.15. The number of amides is 1. The third-order valence-corrected chi connectivity index (χ3v) is 6.12. The molecule has 3 aromatic heterocycles. The fraction of sp³-hybridized carbons (Fsp3) is 0.320. The summed E-state index contributed by atoms with van der Waals surface area (Å²) in [6, 6.07) is 6.52. The van der Waals surface area contributed by atoms with Crippen LogP contribution in [0.1, 0.15) is 35.7 Å². The highest BCUT2D eigenvalue weighted by molar-refractivity contribution is 6.01. The number of aromatic nitrogens is 4. The molecule has 1 aliphatic rings. The van der Waals surface area contributed by atoms with Gasteiger partial charge in [-0.3, -0.25) is 9.20 Å². The summed E-state index contributed by atoms with van der Waals surface area (Å²) in [5.74, 6) is -0.706. The van der Waals surface area contributed by atoms with Crippen LogP contribution in [-0.4, -0.2) is 49.7 Å². The monoisotopic (exact) mass is 497 g/mol. The maximum Gasteiger partial charge on any atom is 0.387 e. The fourth-order valence-electron chi connectivity index (χ4n) is 4.15. The number of ether oxygens (including phenoxy) is 2. The van der Waals surface area contributed by atoms with Crippen LogP contribution >= 0.6 is 0 Å². The molecule has 1 aliphatic carbocycles. The molecule has 0 saturated heterocycles. The molecule has 5 rings (SSSR count). The van der Waals surface area contributed by atoms with E-state index in [0.29, 0.717) is 29.0 Å². The Bertz CT molecular complexity index is 1400. The number of rotatable bonds is 9. The Morgan fingerprint density at radius 2 is 2.06 bits per heavy atom. The zero-order chi connectivity index (χ0) is 25.4. The van der Waals surface area contributed by atoms with E-state index in [-0.39, 0.29) is 23.1 Å². The number of hydrogen-bond donors (Lipinski definition) is 2. The largest absolute Gasteiger partial charge is 0.496 e. The molecule has 36 heavy (non-hydrogen) atoms. The van der Waals surface area contributed by atoms with Gasteiger partial charge in [0, 0.05) is 30.2 Å². The molecule has 9 nitrogen and oxygen atoms in total. The molecule has 1 saturated carbocycles. The van der Waals surface area contributed by atoms with Crippen LogP contribution in [0.15, 0.2) is 55.4 Å². The number of hydrogen-bond acceptors (Lipinski definition) is 6. The van der Waals surface area contributed by atoms with E-state index in [1.54, 1.807) is 65.2 Å². The summed E-state index contributed by atoms with van der Waals surface area (Å²) in [6.07, 6.45) is 10.0. The number of fused-ring (bicyclic) bond motifs is 1. The molecule has 1 atom stereocenters. The minimum absolute atomic E-state index is 0.0280. The second-order valence-electron chi connectivity index (χ2n) is 8.97. The lowest BCUT2D eigenvalue weighted by molar-refractivity contribution is -0.0502. The van der Waals surface area contributed by atoms with Crippen LogP contribution in [0.5, 0.6) is 11.5 Å². The van der Waals surface area contributed by atoms with Gasteiger partial charge in [0.1, 0.15) is 28.3 Å². The summed E-state index contributed by atoms with van der Waals surface area (Å²) < 4.78 is 40.2. The van der Waals surface area contributed by atoms with Gasteiger partial charge in [-0.15, -0.1) is 0 Å². The molecule has 1 amide bonds. The van der Waals surface area contributed by atoms with Crippen LogP contribution in [0.2, 0.25) is 0 Å². The number of aliphatic hydroxyl groups is 1. The molecular formula is C25H25F2N5O4. The Balaban J connectivity index is 1.53. The number of nitrogens with one attached hydrogen (secondary N) is 1.